The molecular weight excluding hydrogens is 274 g/mol. The molecule has 3 heteroatoms. The van der Waals surface area contributed by atoms with Crippen LogP contribution in [0.4, 0.5) is 0 Å². The molecule has 1 heterocycles. The van der Waals surface area contributed by atoms with Crippen LogP contribution in [0.15, 0.2) is 6.07 Å². The van der Waals surface area contributed by atoms with Gasteiger partial charge in [-0.25, -0.2) is 0 Å². The minimum Gasteiger partial charge on any atom is -0.494 e. The Balaban J connectivity index is 2.48. The number of likely N-dealkylation sites (tertiary alicyclic amines) is 1. The number of ether oxygens (including phenoxy) is 1. The van der Waals surface area contributed by atoms with E-state index in [0.717, 1.165) is 18.8 Å². The Morgan fingerprint density at radius 1 is 1.18 bits per heavy atom. The predicted octanol–water partition coefficient (Wildman–Crippen LogP) is 3.78. The van der Waals surface area contributed by atoms with E-state index in [2.05, 4.69) is 38.7 Å². The first-order chi connectivity index (χ1) is 10.5. The number of aliphatic hydroxyl groups excluding tert-OH is 1. The van der Waals surface area contributed by atoms with Crippen LogP contribution in [0.25, 0.3) is 0 Å². The highest BCUT2D eigenvalue weighted by Crippen LogP contribution is 2.39. The molecule has 1 fully saturated rings. The first-order valence-electron chi connectivity index (χ1n) is 8.59. The first-order valence-corrected chi connectivity index (χ1v) is 8.59. The maximum atomic E-state index is 9.77. The molecule has 0 amide bonds. The molecule has 0 aromatic heterocycles. The zero-order valence-electron chi connectivity index (χ0n) is 14.8. The van der Waals surface area contributed by atoms with Crippen molar-refractivity contribution in [2.75, 3.05) is 26.3 Å². The normalized spacial score (nSPS) is 18.5. The van der Waals surface area contributed by atoms with Gasteiger partial charge in [0.15, 0.2) is 0 Å². The summed E-state index contributed by atoms with van der Waals surface area (Å²) in [4.78, 5) is 2.55. The molecule has 1 aromatic rings. The molecule has 3 nitrogen and oxygen atoms in total. The van der Waals surface area contributed by atoms with Crippen LogP contribution in [-0.2, 0) is 0 Å². The summed E-state index contributed by atoms with van der Waals surface area (Å²) < 4.78 is 5.78. The van der Waals surface area contributed by atoms with Crippen molar-refractivity contribution in [1.29, 1.82) is 0 Å². The number of benzene rings is 1. The Kier molecular flexibility index (Phi) is 5.87. The van der Waals surface area contributed by atoms with Gasteiger partial charge < -0.3 is 9.84 Å². The predicted molar refractivity (Wildman–Crippen MR) is 91.6 cm³/mol. The molecule has 1 saturated heterocycles. The molecule has 0 aliphatic carbocycles. The monoisotopic (exact) mass is 305 g/mol. The van der Waals surface area contributed by atoms with Crippen molar-refractivity contribution in [2.45, 2.75) is 53.5 Å². The summed E-state index contributed by atoms with van der Waals surface area (Å²) in [6.45, 7) is 13.9. The van der Waals surface area contributed by atoms with Crippen LogP contribution in [0.3, 0.4) is 0 Å². The van der Waals surface area contributed by atoms with Gasteiger partial charge in [0.2, 0.25) is 0 Å². The van der Waals surface area contributed by atoms with E-state index in [1.807, 2.05) is 6.92 Å². The van der Waals surface area contributed by atoms with E-state index in [0.29, 0.717) is 12.6 Å². The van der Waals surface area contributed by atoms with Crippen LogP contribution in [0.2, 0.25) is 0 Å². The molecule has 2 unspecified atom stereocenters. The van der Waals surface area contributed by atoms with Crippen molar-refractivity contribution in [3.8, 4) is 5.75 Å². The minimum absolute atomic E-state index is 0.228. The van der Waals surface area contributed by atoms with Crippen molar-refractivity contribution in [1.82, 2.24) is 4.90 Å². The molecule has 0 spiro atoms. The lowest BCUT2D eigenvalue weighted by Gasteiger charge is -2.35. The van der Waals surface area contributed by atoms with Gasteiger partial charge in [0.1, 0.15) is 5.75 Å². The van der Waals surface area contributed by atoms with E-state index in [-0.39, 0.29) is 12.5 Å². The van der Waals surface area contributed by atoms with Gasteiger partial charge in [0.05, 0.1) is 6.61 Å². The lowest BCUT2D eigenvalue weighted by Crippen LogP contribution is -2.33. The second-order valence-electron chi connectivity index (χ2n) is 6.64. The van der Waals surface area contributed by atoms with E-state index in [9.17, 15) is 5.11 Å². The van der Waals surface area contributed by atoms with Crippen LogP contribution in [-0.4, -0.2) is 36.3 Å². The zero-order valence-corrected chi connectivity index (χ0v) is 14.8. The van der Waals surface area contributed by atoms with Crippen molar-refractivity contribution in [3.05, 3.63) is 28.3 Å². The Hall–Kier alpha value is -1.06. The van der Waals surface area contributed by atoms with Gasteiger partial charge in [0, 0.05) is 12.6 Å². The minimum atomic E-state index is 0.228. The molecular formula is C19H31NO2. The molecule has 1 aromatic carbocycles. The summed E-state index contributed by atoms with van der Waals surface area (Å²) in [7, 11) is 0. The summed E-state index contributed by atoms with van der Waals surface area (Å²) in [5.41, 5.74) is 5.23. The average Bonchev–Trinajstić information content (AvgIpc) is 3.02. The van der Waals surface area contributed by atoms with Gasteiger partial charge >= 0.3 is 0 Å². The van der Waals surface area contributed by atoms with E-state index in [1.165, 1.54) is 35.1 Å². The summed E-state index contributed by atoms with van der Waals surface area (Å²) in [5.74, 6) is 1.24. The molecule has 124 valence electrons. The van der Waals surface area contributed by atoms with E-state index in [1.54, 1.807) is 0 Å². The summed E-state index contributed by atoms with van der Waals surface area (Å²) in [6.07, 6.45) is 2.53. The molecule has 0 radical (unpaired) electrons. The Morgan fingerprint density at radius 3 is 2.36 bits per heavy atom. The Labute approximate surface area is 135 Å². The van der Waals surface area contributed by atoms with E-state index >= 15 is 0 Å². The fourth-order valence-corrected chi connectivity index (χ4v) is 3.77. The third kappa shape index (κ3) is 3.31. The highest BCUT2D eigenvalue weighted by molar-refractivity contribution is 5.49. The van der Waals surface area contributed by atoms with Crippen molar-refractivity contribution >= 4 is 0 Å². The number of nitrogens with zero attached hydrogens (tertiary/aromatic N) is 1. The van der Waals surface area contributed by atoms with Crippen LogP contribution in [0, 0.1) is 26.7 Å². The molecule has 2 atom stereocenters. The number of rotatable bonds is 6. The van der Waals surface area contributed by atoms with Crippen LogP contribution >= 0.6 is 0 Å². The molecule has 1 aliphatic rings. The largest absolute Gasteiger partial charge is 0.494 e. The van der Waals surface area contributed by atoms with Gasteiger partial charge in [-0.1, -0.05) is 6.92 Å². The Morgan fingerprint density at radius 2 is 1.82 bits per heavy atom. The third-order valence-corrected chi connectivity index (χ3v) is 5.07. The SMILES string of the molecule is CCOc1cc(C)c(C(C(C)CO)N2CCCC2)c(C)c1C. The molecule has 0 bridgehead atoms. The first kappa shape index (κ1) is 17.3. The average molecular weight is 305 g/mol. The molecule has 0 saturated carbocycles. The lowest BCUT2D eigenvalue weighted by atomic mass is 9.85. The highest BCUT2D eigenvalue weighted by Gasteiger charge is 2.31. The quantitative estimate of drug-likeness (QED) is 0.868. The van der Waals surface area contributed by atoms with Crippen molar-refractivity contribution < 1.29 is 9.84 Å². The van der Waals surface area contributed by atoms with E-state index in [4.69, 9.17) is 4.74 Å². The zero-order chi connectivity index (χ0) is 16.3. The van der Waals surface area contributed by atoms with Gasteiger partial charge in [0.25, 0.3) is 0 Å². The van der Waals surface area contributed by atoms with Crippen molar-refractivity contribution in [2.24, 2.45) is 5.92 Å². The van der Waals surface area contributed by atoms with Gasteiger partial charge in [-0.2, -0.15) is 0 Å². The maximum absolute atomic E-state index is 9.77. The molecule has 22 heavy (non-hydrogen) atoms. The number of aliphatic hydroxyl groups is 1. The number of hydrogen-bond donors (Lipinski definition) is 1. The second-order valence-corrected chi connectivity index (χ2v) is 6.64. The van der Waals surface area contributed by atoms with Crippen molar-refractivity contribution in [3.63, 3.8) is 0 Å². The van der Waals surface area contributed by atoms with Gasteiger partial charge in [-0.15, -0.1) is 0 Å². The fourth-order valence-electron chi connectivity index (χ4n) is 3.77. The molecule has 2 rings (SSSR count). The smallest absolute Gasteiger partial charge is 0.122 e. The molecule has 1 N–H and O–H groups in total. The van der Waals surface area contributed by atoms with Crippen LogP contribution in [0.1, 0.15) is 55.0 Å². The third-order valence-electron chi connectivity index (χ3n) is 5.07. The number of hydrogen-bond acceptors (Lipinski definition) is 3. The standard InChI is InChI=1S/C19H31NO2/c1-6-22-17-11-13(2)18(16(5)15(17)4)19(14(3)12-21)20-9-7-8-10-20/h11,14,19,21H,6-10,12H2,1-5H3. The lowest BCUT2D eigenvalue weighted by molar-refractivity contribution is 0.125. The highest BCUT2D eigenvalue weighted by atomic mass is 16.5. The maximum Gasteiger partial charge on any atom is 0.122 e. The summed E-state index contributed by atoms with van der Waals surface area (Å²) >= 11 is 0. The van der Waals surface area contributed by atoms with Crippen LogP contribution in [0.5, 0.6) is 5.75 Å². The topological polar surface area (TPSA) is 32.7 Å². The second kappa shape index (κ2) is 7.47. The van der Waals surface area contributed by atoms with E-state index < -0.39 is 0 Å². The van der Waals surface area contributed by atoms with Crippen LogP contribution < -0.4 is 4.74 Å². The van der Waals surface area contributed by atoms with Gasteiger partial charge in [-0.05, 0) is 87.9 Å². The number of aryl methyl sites for hydroxylation is 1. The fraction of sp³-hybridized carbons (Fsp3) is 0.684. The summed E-state index contributed by atoms with van der Waals surface area (Å²) in [5, 5.41) is 9.77. The Bertz CT molecular complexity index is 507. The van der Waals surface area contributed by atoms with Gasteiger partial charge in [-0.3, -0.25) is 4.90 Å². The summed E-state index contributed by atoms with van der Waals surface area (Å²) in [6, 6.07) is 2.48. The molecule has 1 aliphatic heterocycles.